The Hall–Kier alpha value is -0.640. The van der Waals surface area contributed by atoms with Crippen LogP contribution in [0.15, 0.2) is 6.33 Å². The lowest BCUT2D eigenvalue weighted by Gasteiger charge is -2.21. The zero-order valence-corrected chi connectivity index (χ0v) is 8.97. The molecule has 1 aromatic heterocycles. The minimum absolute atomic E-state index is 0.492. The van der Waals surface area contributed by atoms with Crippen molar-refractivity contribution >= 4 is 16.7 Å². The summed E-state index contributed by atoms with van der Waals surface area (Å²) < 4.78 is 4.03. The highest BCUT2D eigenvalue weighted by atomic mass is 32.1. The Morgan fingerprint density at radius 1 is 1.69 bits per heavy atom. The molecule has 3 nitrogen and oxygen atoms in total. The standard InChI is InChI=1S/C9H15N3S/c1-3-9(2)4-5-12(6-9)8-10-7-11-13-8/h7H,3-6H2,1-2H3. The minimum Gasteiger partial charge on any atom is -0.346 e. The molecule has 1 aliphatic heterocycles. The van der Waals surface area contributed by atoms with Crippen LogP contribution in [0, 0.1) is 5.41 Å². The number of rotatable bonds is 2. The van der Waals surface area contributed by atoms with Gasteiger partial charge in [-0.3, -0.25) is 0 Å². The van der Waals surface area contributed by atoms with Gasteiger partial charge < -0.3 is 4.90 Å². The Morgan fingerprint density at radius 3 is 3.08 bits per heavy atom. The van der Waals surface area contributed by atoms with E-state index in [9.17, 15) is 0 Å². The average Bonchev–Trinajstić information content (AvgIpc) is 2.73. The van der Waals surface area contributed by atoms with Crippen LogP contribution < -0.4 is 4.90 Å². The van der Waals surface area contributed by atoms with Crippen LogP contribution in [0.5, 0.6) is 0 Å². The van der Waals surface area contributed by atoms with E-state index >= 15 is 0 Å². The number of anilines is 1. The molecule has 1 aliphatic rings. The molecule has 1 unspecified atom stereocenters. The van der Waals surface area contributed by atoms with Crippen molar-refractivity contribution < 1.29 is 0 Å². The summed E-state index contributed by atoms with van der Waals surface area (Å²) in [6.07, 6.45) is 4.17. The van der Waals surface area contributed by atoms with Gasteiger partial charge in [0.1, 0.15) is 6.33 Å². The third-order valence-electron chi connectivity index (χ3n) is 3.03. The highest BCUT2D eigenvalue weighted by Gasteiger charge is 2.33. The number of hydrogen-bond acceptors (Lipinski definition) is 4. The number of nitrogens with zero attached hydrogens (tertiary/aromatic N) is 3. The first kappa shape index (κ1) is 8.94. The maximum absolute atomic E-state index is 4.23. The van der Waals surface area contributed by atoms with Crippen LogP contribution in [0.2, 0.25) is 0 Å². The molecule has 13 heavy (non-hydrogen) atoms. The largest absolute Gasteiger partial charge is 0.346 e. The van der Waals surface area contributed by atoms with E-state index in [0.29, 0.717) is 5.41 Å². The van der Waals surface area contributed by atoms with Crippen molar-refractivity contribution in [3.8, 4) is 0 Å². The summed E-state index contributed by atoms with van der Waals surface area (Å²) in [6, 6.07) is 0. The molecule has 0 amide bonds. The molecule has 0 spiro atoms. The van der Waals surface area contributed by atoms with E-state index in [2.05, 4.69) is 28.1 Å². The van der Waals surface area contributed by atoms with Gasteiger partial charge in [0, 0.05) is 24.6 Å². The Kier molecular flexibility index (Phi) is 2.24. The van der Waals surface area contributed by atoms with Crippen molar-refractivity contribution in [2.75, 3.05) is 18.0 Å². The van der Waals surface area contributed by atoms with E-state index in [-0.39, 0.29) is 0 Å². The SMILES string of the molecule is CCC1(C)CCN(c2ncns2)C1. The molecule has 0 radical (unpaired) electrons. The van der Waals surface area contributed by atoms with Gasteiger partial charge in [0.2, 0.25) is 5.13 Å². The van der Waals surface area contributed by atoms with Crippen LogP contribution in [0.3, 0.4) is 0 Å². The molecular weight excluding hydrogens is 182 g/mol. The van der Waals surface area contributed by atoms with Gasteiger partial charge in [0.05, 0.1) is 0 Å². The van der Waals surface area contributed by atoms with Crippen LogP contribution in [0.4, 0.5) is 5.13 Å². The Balaban J connectivity index is 2.07. The third-order valence-corrected chi connectivity index (χ3v) is 3.76. The van der Waals surface area contributed by atoms with Crippen LogP contribution in [-0.4, -0.2) is 22.4 Å². The normalized spacial score (nSPS) is 28.3. The molecule has 2 rings (SSSR count). The first-order chi connectivity index (χ1) is 6.23. The van der Waals surface area contributed by atoms with Crippen molar-refractivity contribution in [3.63, 3.8) is 0 Å². The summed E-state index contributed by atoms with van der Waals surface area (Å²) >= 11 is 1.50. The highest BCUT2D eigenvalue weighted by Crippen LogP contribution is 2.35. The predicted molar refractivity (Wildman–Crippen MR) is 55.1 cm³/mol. The highest BCUT2D eigenvalue weighted by molar-refractivity contribution is 7.09. The molecular formula is C9H15N3S. The van der Waals surface area contributed by atoms with Gasteiger partial charge in [-0.25, -0.2) is 4.98 Å². The summed E-state index contributed by atoms with van der Waals surface area (Å²) in [4.78, 5) is 6.58. The van der Waals surface area contributed by atoms with Gasteiger partial charge in [-0.1, -0.05) is 13.8 Å². The van der Waals surface area contributed by atoms with Gasteiger partial charge in [-0.05, 0) is 18.3 Å². The van der Waals surface area contributed by atoms with Crippen molar-refractivity contribution in [1.29, 1.82) is 0 Å². The fourth-order valence-corrected chi connectivity index (χ4v) is 2.34. The number of aromatic nitrogens is 2. The van der Waals surface area contributed by atoms with Gasteiger partial charge in [-0.15, -0.1) is 0 Å². The van der Waals surface area contributed by atoms with Gasteiger partial charge >= 0.3 is 0 Å². The van der Waals surface area contributed by atoms with E-state index in [0.717, 1.165) is 18.2 Å². The maximum atomic E-state index is 4.23. The molecule has 0 bridgehead atoms. The van der Waals surface area contributed by atoms with Gasteiger partial charge in [0.25, 0.3) is 0 Å². The predicted octanol–water partition coefficient (Wildman–Crippen LogP) is 2.16. The maximum Gasteiger partial charge on any atom is 0.204 e. The Labute approximate surface area is 83.0 Å². The third kappa shape index (κ3) is 1.68. The van der Waals surface area contributed by atoms with Crippen LogP contribution in [0.1, 0.15) is 26.7 Å². The molecule has 1 fully saturated rings. The van der Waals surface area contributed by atoms with Gasteiger partial charge in [-0.2, -0.15) is 4.37 Å². The topological polar surface area (TPSA) is 29.0 Å². The molecule has 4 heteroatoms. The second-order valence-electron chi connectivity index (χ2n) is 4.06. The second-order valence-corrected chi connectivity index (χ2v) is 4.82. The molecule has 2 heterocycles. The summed E-state index contributed by atoms with van der Waals surface area (Å²) in [6.45, 7) is 6.90. The second kappa shape index (κ2) is 3.25. The fourth-order valence-electron chi connectivity index (χ4n) is 1.78. The molecule has 1 aromatic rings. The van der Waals surface area contributed by atoms with Gasteiger partial charge in [0.15, 0.2) is 0 Å². The van der Waals surface area contributed by atoms with Crippen molar-refractivity contribution in [1.82, 2.24) is 9.36 Å². The van der Waals surface area contributed by atoms with E-state index in [1.807, 2.05) is 0 Å². The summed E-state index contributed by atoms with van der Waals surface area (Å²) in [5, 5.41) is 1.08. The van der Waals surface area contributed by atoms with E-state index in [1.54, 1.807) is 6.33 Å². The Bertz CT molecular complexity index is 272. The minimum atomic E-state index is 0.492. The fraction of sp³-hybridized carbons (Fsp3) is 0.778. The van der Waals surface area contributed by atoms with Crippen LogP contribution >= 0.6 is 11.5 Å². The van der Waals surface area contributed by atoms with E-state index in [1.165, 1.54) is 24.4 Å². The first-order valence-electron chi connectivity index (χ1n) is 4.75. The number of hydrogen-bond donors (Lipinski definition) is 0. The van der Waals surface area contributed by atoms with Crippen molar-refractivity contribution in [3.05, 3.63) is 6.33 Å². The zero-order valence-electron chi connectivity index (χ0n) is 8.16. The monoisotopic (exact) mass is 197 g/mol. The smallest absolute Gasteiger partial charge is 0.204 e. The molecule has 1 atom stereocenters. The zero-order chi connectivity index (χ0) is 9.31. The summed E-state index contributed by atoms with van der Waals surface area (Å²) in [7, 11) is 0. The molecule has 1 saturated heterocycles. The molecule has 0 aromatic carbocycles. The Morgan fingerprint density at radius 2 is 2.54 bits per heavy atom. The summed E-state index contributed by atoms with van der Waals surface area (Å²) in [5.41, 5.74) is 0.492. The average molecular weight is 197 g/mol. The molecule has 0 N–H and O–H groups in total. The van der Waals surface area contributed by atoms with E-state index in [4.69, 9.17) is 0 Å². The quantitative estimate of drug-likeness (QED) is 0.727. The lowest BCUT2D eigenvalue weighted by Crippen LogP contribution is -2.23. The van der Waals surface area contributed by atoms with Crippen LogP contribution in [-0.2, 0) is 0 Å². The molecule has 0 saturated carbocycles. The van der Waals surface area contributed by atoms with Crippen LogP contribution in [0.25, 0.3) is 0 Å². The summed E-state index contributed by atoms with van der Waals surface area (Å²) in [5.74, 6) is 0. The lowest BCUT2D eigenvalue weighted by molar-refractivity contribution is 0.355. The van der Waals surface area contributed by atoms with E-state index < -0.39 is 0 Å². The van der Waals surface area contributed by atoms with Crippen molar-refractivity contribution in [2.45, 2.75) is 26.7 Å². The lowest BCUT2D eigenvalue weighted by atomic mass is 9.87. The van der Waals surface area contributed by atoms with Crippen molar-refractivity contribution in [2.24, 2.45) is 5.41 Å². The molecule has 72 valence electrons. The first-order valence-corrected chi connectivity index (χ1v) is 5.52. The molecule has 0 aliphatic carbocycles.